The fourth-order valence-electron chi connectivity index (χ4n) is 1.92. The van der Waals surface area contributed by atoms with Gasteiger partial charge in [-0.2, -0.15) is 4.72 Å². The Balaban J connectivity index is 2.82. The van der Waals surface area contributed by atoms with Gasteiger partial charge in [-0.25, -0.2) is 12.8 Å². The molecule has 0 bridgehead atoms. The van der Waals surface area contributed by atoms with Gasteiger partial charge in [-0.1, -0.05) is 19.1 Å². The lowest BCUT2D eigenvalue weighted by molar-refractivity contribution is -0.142. The van der Waals surface area contributed by atoms with Crippen molar-refractivity contribution in [1.82, 2.24) is 9.62 Å². The highest BCUT2D eigenvalue weighted by Crippen LogP contribution is 2.14. The summed E-state index contributed by atoms with van der Waals surface area (Å²) in [6.45, 7) is 2.67. The molecule has 2 atom stereocenters. The molecule has 0 heterocycles. The minimum absolute atomic E-state index is 0.0695. The molecular formula is C14H19FN2O5S. The summed E-state index contributed by atoms with van der Waals surface area (Å²) in [5.41, 5.74) is 0. The van der Waals surface area contributed by atoms with E-state index in [0.29, 0.717) is 0 Å². The number of carboxylic acid groups (broad SMARTS) is 1. The van der Waals surface area contributed by atoms with E-state index in [1.165, 1.54) is 33.0 Å². The van der Waals surface area contributed by atoms with Crippen LogP contribution in [-0.4, -0.2) is 49.9 Å². The molecule has 0 aliphatic rings. The first-order valence-corrected chi connectivity index (χ1v) is 8.29. The second-order valence-electron chi connectivity index (χ2n) is 5.23. The van der Waals surface area contributed by atoms with Crippen LogP contribution in [0.4, 0.5) is 4.39 Å². The molecule has 1 rings (SSSR count). The summed E-state index contributed by atoms with van der Waals surface area (Å²) in [6, 6.07) is 3.65. The predicted molar refractivity (Wildman–Crippen MR) is 80.6 cm³/mol. The molecule has 0 spiro atoms. The van der Waals surface area contributed by atoms with Crippen LogP contribution in [0.5, 0.6) is 0 Å². The van der Waals surface area contributed by atoms with E-state index in [1.807, 2.05) is 0 Å². The third kappa shape index (κ3) is 5.00. The molecule has 1 amide bonds. The molecule has 7 nitrogen and oxygen atoms in total. The third-order valence-corrected chi connectivity index (χ3v) is 4.75. The van der Waals surface area contributed by atoms with Crippen LogP contribution in [0.3, 0.4) is 0 Å². The summed E-state index contributed by atoms with van der Waals surface area (Å²) in [4.78, 5) is 23.5. The van der Waals surface area contributed by atoms with Crippen molar-refractivity contribution in [2.75, 3.05) is 13.6 Å². The summed E-state index contributed by atoms with van der Waals surface area (Å²) < 4.78 is 39.9. The van der Waals surface area contributed by atoms with Gasteiger partial charge in [-0.15, -0.1) is 0 Å². The number of nitrogens with one attached hydrogen (secondary N) is 1. The summed E-state index contributed by atoms with van der Waals surface area (Å²) in [7, 11) is -2.83. The van der Waals surface area contributed by atoms with E-state index in [2.05, 4.69) is 4.72 Å². The SMILES string of the molecule is CC(CN(C)C(=O)C(C)NS(=O)(=O)c1ccccc1F)C(=O)O. The average Bonchev–Trinajstić information content (AvgIpc) is 2.45. The lowest BCUT2D eigenvalue weighted by Gasteiger charge is -2.23. The number of benzene rings is 1. The number of likely N-dealkylation sites (N-methyl/N-ethyl adjacent to an activating group) is 1. The number of aliphatic carboxylic acids is 1. The van der Waals surface area contributed by atoms with Gasteiger partial charge >= 0.3 is 5.97 Å². The molecule has 2 unspecified atom stereocenters. The van der Waals surface area contributed by atoms with Gasteiger partial charge in [-0.3, -0.25) is 9.59 Å². The molecule has 0 fully saturated rings. The van der Waals surface area contributed by atoms with E-state index in [9.17, 15) is 22.4 Å². The van der Waals surface area contributed by atoms with Gasteiger partial charge in [0.15, 0.2) is 0 Å². The normalized spacial score (nSPS) is 14.1. The summed E-state index contributed by atoms with van der Waals surface area (Å²) in [5, 5.41) is 8.83. The van der Waals surface area contributed by atoms with E-state index >= 15 is 0 Å². The number of carboxylic acids is 1. The molecular weight excluding hydrogens is 327 g/mol. The van der Waals surface area contributed by atoms with Crippen molar-refractivity contribution in [2.45, 2.75) is 24.8 Å². The zero-order valence-corrected chi connectivity index (χ0v) is 13.8. The second kappa shape index (κ2) is 7.51. The largest absolute Gasteiger partial charge is 0.481 e. The summed E-state index contributed by atoms with van der Waals surface area (Å²) in [6.07, 6.45) is 0. The first kappa shape index (κ1) is 19.0. The molecule has 128 valence electrons. The van der Waals surface area contributed by atoms with E-state index in [-0.39, 0.29) is 6.54 Å². The minimum atomic E-state index is -4.20. The van der Waals surface area contributed by atoms with Gasteiger partial charge in [-0.05, 0) is 19.1 Å². The molecule has 9 heteroatoms. The topological polar surface area (TPSA) is 104 Å². The van der Waals surface area contributed by atoms with Crippen molar-refractivity contribution in [1.29, 1.82) is 0 Å². The Morgan fingerprint density at radius 1 is 1.30 bits per heavy atom. The molecule has 0 aliphatic carbocycles. The van der Waals surface area contributed by atoms with Gasteiger partial charge in [0.1, 0.15) is 10.7 Å². The number of hydrogen-bond acceptors (Lipinski definition) is 4. The monoisotopic (exact) mass is 346 g/mol. The molecule has 1 aromatic rings. The Labute approximate surface area is 134 Å². The molecule has 0 saturated heterocycles. The van der Waals surface area contributed by atoms with Gasteiger partial charge in [0, 0.05) is 13.6 Å². The van der Waals surface area contributed by atoms with E-state index in [0.717, 1.165) is 17.0 Å². The highest BCUT2D eigenvalue weighted by molar-refractivity contribution is 7.89. The van der Waals surface area contributed by atoms with Crippen LogP contribution in [0, 0.1) is 11.7 Å². The molecule has 23 heavy (non-hydrogen) atoms. The fourth-order valence-corrected chi connectivity index (χ4v) is 3.19. The molecule has 0 radical (unpaired) electrons. The maximum atomic E-state index is 13.6. The Bertz CT molecular complexity index is 692. The van der Waals surface area contributed by atoms with Crippen LogP contribution in [0.2, 0.25) is 0 Å². The highest BCUT2D eigenvalue weighted by Gasteiger charge is 2.27. The number of nitrogens with zero attached hydrogens (tertiary/aromatic N) is 1. The van der Waals surface area contributed by atoms with Crippen LogP contribution >= 0.6 is 0 Å². The average molecular weight is 346 g/mol. The maximum Gasteiger partial charge on any atom is 0.308 e. The zero-order valence-electron chi connectivity index (χ0n) is 13.0. The third-order valence-electron chi connectivity index (χ3n) is 3.17. The van der Waals surface area contributed by atoms with Gasteiger partial charge in [0.25, 0.3) is 0 Å². The Hall–Kier alpha value is -2.00. The minimum Gasteiger partial charge on any atom is -0.481 e. The Morgan fingerprint density at radius 2 is 1.87 bits per heavy atom. The number of carbonyl (C=O) groups is 2. The van der Waals surface area contributed by atoms with Crippen LogP contribution in [0.15, 0.2) is 29.2 Å². The lowest BCUT2D eigenvalue weighted by atomic mass is 10.1. The fraction of sp³-hybridized carbons (Fsp3) is 0.429. The number of halogens is 1. The standard InChI is InChI=1S/C14H19FN2O5S/c1-9(14(19)20)8-17(3)13(18)10(2)16-23(21,22)12-7-5-4-6-11(12)15/h4-7,9-10,16H,8H2,1-3H3,(H,19,20). The molecule has 0 aromatic heterocycles. The van der Waals surface area contributed by atoms with Gasteiger partial charge < -0.3 is 10.0 Å². The van der Waals surface area contributed by atoms with Crippen molar-refractivity contribution in [2.24, 2.45) is 5.92 Å². The zero-order chi connectivity index (χ0) is 17.8. The first-order valence-electron chi connectivity index (χ1n) is 6.81. The summed E-state index contributed by atoms with van der Waals surface area (Å²) >= 11 is 0. The Morgan fingerprint density at radius 3 is 2.39 bits per heavy atom. The number of sulfonamides is 1. The van der Waals surface area contributed by atoms with E-state index in [1.54, 1.807) is 0 Å². The number of carbonyl (C=O) groups excluding carboxylic acids is 1. The molecule has 2 N–H and O–H groups in total. The van der Waals surface area contributed by atoms with Crippen molar-refractivity contribution in [3.8, 4) is 0 Å². The van der Waals surface area contributed by atoms with Crippen LogP contribution in [0.1, 0.15) is 13.8 Å². The van der Waals surface area contributed by atoms with Crippen LogP contribution in [0.25, 0.3) is 0 Å². The number of rotatable bonds is 7. The quantitative estimate of drug-likeness (QED) is 0.755. The van der Waals surface area contributed by atoms with Crippen LogP contribution in [-0.2, 0) is 19.6 Å². The Kier molecular flexibility index (Phi) is 6.22. The van der Waals surface area contributed by atoms with Gasteiger partial charge in [0.05, 0.1) is 12.0 Å². The lowest BCUT2D eigenvalue weighted by Crippen LogP contribution is -2.47. The first-order chi connectivity index (χ1) is 10.6. The smallest absolute Gasteiger partial charge is 0.308 e. The van der Waals surface area contributed by atoms with Gasteiger partial charge in [0.2, 0.25) is 15.9 Å². The van der Waals surface area contributed by atoms with Crippen molar-refractivity contribution in [3.05, 3.63) is 30.1 Å². The van der Waals surface area contributed by atoms with E-state index in [4.69, 9.17) is 5.11 Å². The highest BCUT2D eigenvalue weighted by atomic mass is 32.2. The molecule has 0 saturated carbocycles. The van der Waals surface area contributed by atoms with Crippen LogP contribution < -0.4 is 4.72 Å². The maximum absolute atomic E-state index is 13.6. The summed E-state index contributed by atoms with van der Waals surface area (Å²) in [5.74, 6) is -3.39. The number of amides is 1. The van der Waals surface area contributed by atoms with Crippen molar-refractivity contribution < 1.29 is 27.5 Å². The second-order valence-corrected chi connectivity index (χ2v) is 6.91. The van der Waals surface area contributed by atoms with E-state index < -0.39 is 44.6 Å². The number of hydrogen-bond donors (Lipinski definition) is 2. The molecule has 0 aliphatic heterocycles. The van der Waals surface area contributed by atoms with Crippen molar-refractivity contribution in [3.63, 3.8) is 0 Å². The predicted octanol–water partition coefficient (Wildman–Crippen LogP) is 0.672. The molecule has 1 aromatic carbocycles. The van der Waals surface area contributed by atoms with Crippen molar-refractivity contribution >= 4 is 21.9 Å².